The maximum Gasteiger partial charge on any atom is 0.296 e. The smallest absolute Gasteiger partial charge is 0.296 e. The normalized spacial score (nSPS) is 18.4. The predicted molar refractivity (Wildman–Crippen MR) is 86.3 cm³/mol. The van der Waals surface area contributed by atoms with E-state index in [1.54, 1.807) is 6.07 Å². The highest BCUT2D eigenvalue weighted by molar-refractivity contribution is 5.98. The van der Waals surface area contributed by atoms with E-state index in [9.17, 15) is 14.9 Å². The Morgan fingerprint density at radius 3 is 2.52 bits per heavy atom. The Hall–Kier alpha value is -2.35. The highest BCUT2D eigenvalue weighted by Gasteiger charge is 2.31. The van der Waals surface area contributed by atoms with Gasteiger partial charge < -0.3 is 19.9 Å². The lowest BCUT2D eigenvalue weighted by Gasteiger charge is -2.31. The molecule has 2 heterocycles. The molecule has 124 valence electrons. The van der Waals surface area contributed by atoms with E-state index in [4.69, 9.17) is 4.74 Å². The highest BCUT2D eigenvalue weighted by atomic mass is 16.6. The average molecular weight is 320 g/mol. The van der Waals surface area contributed by atoms with Crippen LogP contribution in [0.25, 0.3) is 0 Å². The zero-order valence-corrected chi connectivity index (χ0v) is 13.1. The molecule has 0 saturated carbocycles. The van der Waals surface area contributed by atoms with Gasteiger partial charge in [0.1, 0.15) is 11.4 Å². The molecule has 0 aromatic heterocycles. The average Bonchev–Trinajstić information content (AvgIpc) is 3.00. The van der Waals surface area contributed by atoms with Crippen LogP contribution in [0.4, 0.5) is 17.1 Å². The van der Waals surface area contributed by atoms with Crippen molar-refractivity contribution < 1.29 is 14.5 Å². The number of hydrogen-bond acceptors (Lipinski definition) is 6. The van der Waals surface area contributed by atoms with Gasteiger partial charge in [0.05, 0.1) is 23.8 Å². The number of nitro groups is 1. The van der Waals surface area contributed by atoms with E-state index in [2.05, 4.69) is 10.2 Å². The summed E-state index contributed by atoms with van der Waals surface area (Å²) in [4.78, 5) is 26.7. The summed E-state index contributed by atoms with van der Waals surface area (Å²) in [6.07, 6.45) is 1.16. The summed E-state index contributed by atoms with van der Waals surface area (Å²) in [6, 6.07) is 3.16. The lowest BCUT2D eigenvalue weighted by atomic mass is 10.1. The minimum atomic E-state index is -0.453. The van der Waals surface area contributed by atoms with Gasteiger partial charge in [-0.3, -0.25) is 14.9 Å². The Morgan fingerprint density at radius 2 is 1.96 bits per heavy atom. The molecule has 0 atom stereocenters. The molecule has 23 heavy (non-hydrogen) atoms. The van der Waals surface area contributed by atoms with Crippen molar-refractivity contribution in [2.45, 2.75) is 12.8 Å². The Kier molecular flexibility index (Phi) is 4.33. The summed E-state index contributed by atoms with van der Waals surface area (Å²) in [5, 5.41) is 14.7. The second-order valence-electron chi connectivity index (χ2n) is 5.66. The fraction of sp³-hybridized carbons (Fsp3) is 0.533. The molecule has 0 radical (unpaired) electrons. The molecular weight excluding hydrogens is 300 g/mol. The first-order chi connectivity index (χ1) is 11.1. The third-order valence-electron chi connectivity index (χ3n) is 4.29. The number of carbonyl (C=O) groups excluding carboxylic acids is 1. The summed E-state index contributed by atoms with van der Waals surface area (Å²) < 4.78 is 5.36. The number of amides is 1. The lowest BCUT2D eigenvalue weighted by Crippen LogP contribution is -2.43. The number of nitro benzene ring substituents is 1. The summed E-state index contributed by atoms with van der Waals surface area (Å²) in [7, 11) is 1.51. The molecule has 0 unspecified atom stereocenters. The number of hydrogen-bond donors (Lipinski definition) is 1. The van der Waals surface area contributed by atoms with Gasteiger partial charge in [-0.05, 0) is 12.5 Å². The van der Waals surface area contributed by atoms with Crippen LogP contribution < -0.4 is 19.9 Å². The van der Waals surface area contributed by atoms with Crippen LogP contribution in [-0.2, 0) is 4.79 Å². The molecule has 1 N–H and O–H groups in total. The van der Waals surface area contributed by atoms with Crippen LogP contribution in [0.1, 0.15) is 12.8 Å². The molecule has 0 spiro atoms. The van der Waals surface area contributed by atoms with Gasteiger partial charge in [-0.15, -0.1) is 0 Å². The van der Waals surface area contributed by atoms with E-state index in [0.717, 1.165) is 38.3 Å². The van der Waals surface area contributed by atoms with Crippen molar-refractivity contribution in [2.75, 3.05) is 49.6 Å². The molecule has 2 saturated heterocycles. The molecule has 2 aliphatic rings. The Bertz CT molecular complexity index is 628. The molecular formula is C15H20N4O4. The van der Waals surface area contributed by atoms with E-state index in [0.29, 0.717) is 24.4 Å². The molecule has 1 amide bonds. The van der Waals surface area contributed by atoms with Gasteiger partial charge in [0.15, 0.2) is 0 Å². The number of benzene rings is 1. The second-order valence-corrected chi connectivity index (χ2v) is 5.66. The fourth-order valence-corrected chi connectivity index (χ4v) is 3.13. The number of rotatable bonds is 4. The van der Waals surface area contributed by atoms with E-state index >= 15 is 0 Å². The number of piperazine rings is 1. The Morgan fingerprint density at radius 1 is 1.22 bits per heavy atom. The van der Waals surface area contributed by atoms with Crippen molar-refractivity contribution in [2.24, 2.45) is 0 Å². The number of ether oxygens (including phenoxy) is 1. The van der Waals surface area contributed by atoms with E-state index in [-0.39, 0.29) is 11.6 Å². The number of anilines is 2. The first-order valence-corrected chi connectivity index (χ1v) is 7.74. The maximum atomic E-state index is 12.0. The lowest BCUT2D eigenvalue weighted by molar-refractivity contribution is -0.384. The fourth-order valence-electron chi connectivity index (χ4n) is 3.13. The predicted octanol–water partition coefficient (Wildman–Crippen LogP) is 1.14. The summed E-state index contributed by atoms with van der Waals surface area (Å²) >= 11 is 0. The third-order valence-corrected chi connectivity index (χ3v) is 4.29. The maximum absolute atomic E-state index is 12.0. The zero-order valence-electron chi connectivity index (χ0n) is 13.1. The van der Waals surface area contributed by atoms with E-state index in [1.807, 2.05) is 0 Å². The van der Waals surface area contributed by atoms with Crippen molar-refractivity contribution in [3.05, 3.63) is 22.2 Å². The van der Waals surface area contributed by atoms with Gasteiger partial charge in [0.2, 0.25) is 5.91 Å². The second kappa shape index (κ2) is 6.41. The number of carbonyl (C=O) groups is 1. The number of nitrogens with zero attached hydrogens (tertiary/aromatic N) is 3. The minimum absolute atomic E-state index is 0.0653. The zero-order chi connectivity index (χ0) is 16.4. The highest BCUT2D eigenvalue weighted by Crippen LogP contribution is 2.41. The quantitative estimate of drug-likeness (QED) is 0.661. The van der Waals surface area contributed by atoms with Gasteiger partial charge in [-0.1, -0.05) is 0 Å². The number of nitrogens with one attached hydrogen (secondary N) is 1. The topological polar surface area (TPSA) is 88.0 Å². The van der Waals surface area contributed by atoms with Crippen molar-refractivity contribution in [3.8, 4) is 5.75 Å². The third kappa shape index (κ3) is 2.94. The summed E-state index contributed by atoms with van der Waals surface area (Å²) in [6.45, 7) is 3.80. The SMILES string of the molecule is COc1cc([N+](=O)[O-])c(N2CCCC2=O)cc1N1CCNCC1. The Balaban J connectivity index is 2.08. The molecule has 0 aliphatic carbocycles. The van der Waals surface area contributed by atoms with Gasteiger partial charge >= 0.3 is 0 Å². The van der Waals surface area contributed by atoms with Crippen LogP contribution in [0, 0.1) is 10.1 Å². The standard InChI is InChI=1S/C15H20N4O4/c1-23-14-10-12(19(21)22)11(18-6-2-3-15(18)20)9-13(14)17-7-4-16-5-8-17/h9-10,16H,2-8H2,1H3. The summed E-state index contributed by atoms with van der Waals surface area (Å²) in [5.41, 5.74) is 1.08. The first kappa shape index (κ1) is 15.5. The van der Waals surface area contributed by atoms with E-state index < -0.39 is 4.92 Å². The molecule has 3 rings (SSSR count). The van der Waals surface area contributed by atoms with Crippen LogP contribution >= 0.6 is 0 Å². The molecule has 8 nitrogen and oxygen atoms in total. The van der Waals surface area contributed by atoms with Crippen LogP contribution in [0.15, 0.2) is 12.1 Å². The Labute approximate surface area is 134 Å². The van der Waals surface area contributed by atoms with Crippen LogP contribution in [0.2, 0.25) is 0 Å². The van der Waals surface area contributed by atoms with Crippen molar-refractivity contribution >= 4 is 23.0 Å². The monoisotopic (exact) mass is 320 g/mol. The van der Waals surface area contributed by atoms with Gasteiger partial charge in [-0.25, -0.2) is 0 Å². The van der Waals surface area contributed by atoms with Crippen molar-refractivity contribution in [1.29, 1.82) is 0 Å². The molecule has 0 bridgehead atoms. The molecule has 1 aromatic rings. The molecule has 2 fully saturated rings. The molecule has 1 aromatic carbocycles. The van der Waals surface area contributed by atoms with Crippen LogP contribution in [-0.4, -0.2) is 50.7 Å². The van der Waals surface area contributed by atoms with Gasteiger partial charge in [0.25, 0.3) is 5.69 Å². The minimum Gasteiger partial charge on any atom is -0.494 e. The molecule has 8 heteroatoms. The van der Waals surface area contributed by atoms with Gasteiger partial charge in [0, 0.05) is 39.1 Å². The van der Waals surface area contributed by atoms with Crippen LogP contribution in [0.5, 0.6) is 5.75 Å². The van der Waals surface area contributed by atoms with Crippen molar-refractivity contribution in [1.82, 2.24) is 5.32 Å². The van der Waals surface area contributed by atoms with Crippen LogP contribution in [0.3, 0.4) is 0 Å². The van der Waals surface area contributed by atoms with Gasteiger partial charge in [-0.2, -0.15) is 0 Å². The largest absolute Gasteiger partial charge is 0.494 e. The first-order valence-electron chi connectivity index (χ1n) is 7.74. The molecule has 2 aliphatic heterocycles. The van der Waals surface area contributed by atoms with Crippen molar-refractivity contribution in [3.63, 3.8) is 0 Å². The van der Waals surface area contributed by atoms with E-state index in [1.165, 1.54) is 18.1 Å². The number of methoxy groups -OCH3 is 1. The summed E-state index contributed by atoms with van der Waals surface area (Å²) in [5.74, 6) is 0.401.